The maximum atomic E-state index is 12.6. The van der Waals surface area contributed by atoms with Gasteiger partial charge in [-0.25, -0.2) is 0 Å². The van der Waals surface area contributed by atoms with Gasteiger partial charge in [-0.15, -0.1) is 0 Å². The van der Waals surface area contributed by atoms with Crippen LogP contribution in [0.25, 0.3) is 0 Å². The zero-order valence-electron chi connectivity index (χ0n) is 15.8. The van der Waals surface area contributed by atoms with Crippen molar-refractivity contribution in [3.63, 3.8) is 0 Å². The fourth-order valence-corrected chi connectivity index (χ4v) is 3.35. The fourth-order valence-electron chi connectivity index (χ4n) is 3.35. The molecule has 0 spiro atoms. The highest BCUT2D eigenvalue weighted by Crippen LogP contribution is 2.27. The minimum Gasteiger partial charge on any atom is -0.494 e. The number of hydrogen-bond donors (Lipinski definition) is 1. The van der Waals surface area contributed by atoms with Crippen molar-refractivity contribution < 1.29 is 9.53 Å². The first-order valence-electron chi connectivity index (χ1n) is 9.45. The number of hydrogen-bond acceptors (Lipinski definition) is 2. The van der Waals surface area contributed by atoms with Crippen LogP contribution < -0.4 is 10.1 Å². The number of amides is 1. The minimum atomic E-state index is 0.0492. The van der Waals surface area contributed by atoms with E-state index in [2.05, 4.69) is 39.1 Å². The minimum absolute atomic E-state index is 0.0492. The van der Waals surface area contributed by atoms with E-state index in [-0.39, 0.29) is 17.4 Å². The van der Waals surface area contributed by atoms with Crippen molar-refractivity contribution in [2.45, 2.75) is 78.7 Å². The molecule has 1 unspecified atom stereocenters. The number of nitrogens with one attached hydrogen (secondary N) is 1. The lowest BCUT2D eigenvalue weighted by molar-refractivity contribution is 0.0929. The molecular weight excluding hydrogens is 298 g/mol. The molecule has 0 bridgehead atoms. The average molecular weight is 332 g/mol. The second-order valence-electron chi connectivity index (χ2n) is 8.20. The quantitative estimate of drug-likeness (QED) is 0.704. The summed E-state index contributed by atoms with van der Waals surface area (Å²) in [6.07, 6.45) is 7.73. The van der Waals surface area contributed by atoms with E-state index in [1.54, 1.807) is 0 Å². The number of fused-ring (bicyclic) bond motifs is 1. The second kappa shape index (κ2) is 8.55. The molecule has 0 aromatic heterocycles. The first-order valence-corrected chi connectivity index (χ1v) is 9.45. The first-order chi connectivity index (χ1) is 11.4. The number of rotatable bonds is 7. The molecule has 0 saturated heterocycles. The van der Waals surface area contributed by atoms with E-state index in [4.69, 9.17) is 4.74 Å². The van der Waals surface area contributed by atoms with Crippen LogP contribution in [0.5, 0.6) is 5.75 Å². The maximum absolute atomic E-state index is 12.6. The van der Waals surface area contributed by atoms with E-state index < -0.39 is 0 Å². The topological polar surface area (TPSA) is 38.3 Å². The van der Waals surface area contributed by atoms with Crippen LogP contribution in [0.1, 0.15) is 82.1 Å². The van der Waals surface area contributed by atoms with E-state index in [1.807, 2.05) is 12.1 Å². The van der Waals surface area contributed by atoms with Crippen LogP contribution in [-0.2, 0) is 6.42 Å². The van der Waals surface area contributed by atoms with Crippen molar-refractivity contribution >= 4 is 5.91 Å². The fraction of sp³-hybridized carbons (Fsp3) is 0.667. The third-order valence-electron chi connectivity index (χ3n) is 4.55. The Balaban J connectivity index is 1.97. The van der Waals surface area contributed by atoms with Crippen molar-refractivity contribution in [2.24, 2.45) is 5.41 Å². The highest BCUT2D eigenvalue weighted by molar-refractivity contribution is 5.96. The van der Waals surface area contributed by atoms with Crippen LogP contribution in [0.3, 0.4) is 0 Å². The molecule has 1 N–H and O–H groups in total. The van der Waals surface area contributed by atoms with Gasteiger partial charge in [0, 0.05) is 11.6 Å². The smallest absolute Gasteiger partial charge is 0.251 e. The number of unbranched alkanes of at least 4 members (excludes halogenated alkanes) is 3. The summed E-state index contributed by atoms with van der Waals surface area (Å²) in [5.74, 6) is 0.864. The standard InChI is InChI=1S/C21H33NO2/c1-5-6-7-8-13-24-18-12-10-16-9-11-17(15-21(2,3)4)22-20(23)19(16)14-18/h10,12,14,17H,5-9,11,13,15H2,1-4H3,(H,22,23). The van der Waals surface area contributed by atoms with Crippen molar-refractivity contribution in [1.82, 2.24) is 5.32 Å². The van der Waals surface area contributed by atoms with Crippen molar-refractivity contribution in [3.8, 4) is 5.75 Å². The van der Waals surface area contributed by atoms with Crippen LogP contribution in [-0.4, -0.2) is 18.6 Å². The van der Waals surface area contributed by atoms with Crippen molar-refractivity contribution in [1.29, 1.82) is 0 Å². The SMILES string of the molecule is CCCCCCOc1ccc2c(c1)C(=O)NC(CC(C)(C)C)CC2. The van der Waals surface area contributed by atoms with Crippen LogP contribution in [0.4, 0.5) is 0 Å². The first kappa shape index (κ1) is 18.8. The van der Waals surface area contributed by atoms with Gasteiger partial charge >= 0.3 is 0 Å². The van der Waals surface area contributed by atoms with Gasteiger partial charge in [0.05, 0.1) is 6.61 Å². The van der Waals surface area contributed by atoms with Gasteiger partial charge in [-0.2, -0.15) is 0 Å². The largest absolute Gasteiger partial charge is 0.494 e. The second-order valence-corrected chi connectivity index (χ2v) is 8.20. The Labute approximate surface area is 147 Å². The monoisotopic (exact) mass is 331 g/mol. The van der Waals surface area contributed by atoms with Crippen LogP contribution >= 0.6 is 0 Å². The lowest BCUT2D eigenvalue weighted by Crippen LogP contribution is -2.36. The lowest BCUT2D eigenvalue weighted by Gasteiger charge is -2.25. The highest BCUT2D eigenvalue weighted by Gasteiger charge is 2.25. The molecule has 24 heavy (non-hydrogen) atoms. The zero-order valence-corrected chi connectivity index (χ0v) is 15.8. The molecule has 1 atom stereocenters. The van der Waals surface area contributed by atoms with Crippen LogP contribution in [0, 0.1) is 5.41 Å². The van der Waals surface area contributed by atoms with Gasteiger partial charge in [-0.3, -0.25) is 4.79 Å². The molecule has 134 valence electrons. The predicted molar refractivity (Wildman–Crippen MR) is 99.7 cm³/mol. The molecule has 1 aliphatic heterocycles. The third kappa shape index (κ3) is 5.85. The molecule has 1 heterocycles. The zero-order chi connectivity index (χ0) is 17.6. The van der Waals surface area contributed by atoms with Gasteiger partial charge in [-0.1, -0.05) is 53.0 Å². The Morgan fingerprint density at radius 1 is 1.21 bits per heavy atom. The molecular formula is C21H33NO2. The van der Waals surface area contributed by atoms with E-state index in [1.165, 1.54) is 19.3 Å². The summed E-state index contributed by atoms with van der Waals surface area (Å²) in [6, 6.07) is 6.25. The summed E-state index contributed by atoms with van der Waals surface area (Å²) in [6.45, 7) is 9.61. The van der Waals surface area contributed by atoms with Gasteiger partial charge < -0.3 is 10.1 Å². The molecule has 2 rings (SSSR count). The van der Waals surface area contributed by atoms with Gasteiger partial charge in [-0.05, 0) is 48.8 Å². The summed E-state index contributed by atoms with van der Waals surface area (Å²) in [5, 5.41) is 3.21. The Morgan fingerprint density at radius 3 is 2.71 bits per heavy atom. The molecule has 3 nitrogen and oxygen atoms in total. The van der Waals surface area contributed by atoms with Gasteiger partial charge in [0.25, 0.3) is 5.91 Å². The van der Waals surface area contributed by atoms with E-state index >= 15 is 0 Å². The molecule has 3 heteroatoms. The van der Waals surface area contributed by atoms with Crippen molar-refractivity contribution in [3.05, 3.63) is 29.3 Å². The number of carbonyl (C=O) groups excluding carboxylic acids is 1. The Bertz CT molecular complexity index is 545. The molecule has 0 saturated carbocycles. The Morgan fingerprint density at radius 2 is 2.00 bits per heavy atom. The van der Waals surface area contributed by atoms with E-state index in [0.29, 0.717) is 0 Å². The summed E-state index contributed by atoms with van der Waals surface area (Å²) in [4.78, 5) is 12.6. The number of aryl methyl sites for hydroxylation is 1. The van der Waals surface area contributed by atoms with E-state index in [0.717, 1.165) is 49.2 Å². The summed E-state index contributed by atoms with van der Waals surface area (Å²) < 4.78 is 5.84. The van der Waals surface area contributed by atoms with Gasteiger partial charge in [0.2, 0.25) is 0 Å². The van der Waals surface area contributed by atoms with E-state index in [9.17, 15) is 4.79 Å². The average Bonchev–Trinajstić information content (AvgIpc) is 2.65. The molecule has 1 aliphatic rings. The number of benzene rings is 1. The summed E-state index contributed by atoms with van der Waals surface area (Å²) >= 11 is 0. The van der Waals surface area contributed by atoms with Gasteiger partial charge in [0.1, 0.15) is 5.75 Å². The molecule has 0 fully saturated rings. The molecule has 0 aliphatic carbocycles. The normalized spacial score (nSPS) is 17.8. The Kier molecular flexibility index (Phi) is 6.70. The van der Waals surface area contributed by atoms with Crippen molar-refractivity contribution in [2.75, 3.05) is 6.61 Å². The molecule has 1 amide bonds. The van der Waals surface area contributed by atoms with Crippen LogP contribution in [0.15, 0.2) is 18.2 Å². The predicted octanol–water partition coefficient (Wildman–Crippen LogP) is 5.13. The lowest BCUT2D eigenvalue weighted by atomic mass is 9.86. The summed E-state index contributed by atoms with van der Waals surface area (Å²) in [5.41, 5.74) is 2.15. The molecule has 0 radical (unpaired) electrons. The summed E-state index contributed by atoms with van der Waals surface area (Å²) in [7, 11) is 0. The third-order valence-corrected chi connectivity index (χ3v) is 4.55. The highest BCUT2D eigenvalue weighted by atomic mass is 16.5. The number of carbonyl (C=O) groups is 1. The number of ether oxygens (including phenoxy) is 1. The maximum Gasteiger partial charge on any atom is 0.251 e. The van der Waals surface area contributed by atoms with Gasteiger partial charge in [0.15, 0.2) is 0 Å². The molecule has 1 aromatic rings. The molecule has 1 aromatic carbocycles. The van der Waals surface area contributed by atoms with Crippen LogP contribution in [0.2, 0.25) is 0 Å². The Hall–Kier alpha value is -1.51.